The number of rotatable bonds is 3. The minimum atomic E-state index is -0.426. The molecular formula is C17H18ClN3O2S. The number of nitrogens with one attached hydrogen (secondary N) is 2. The summed E-state index contributed by atoms with van der Waals surface area (Å²) in [5.41, 5.74) is 0. The Kier molecular flexibility index (Phi) is 3.98. The SMILES string of the molecule is C[C@H]1NC(=O)[C@@H]2C[C@H](NCc3sc4ccccc4c3Cl)CN2C1=O. The third-order valence-corrected chi connectivity index (χ3v) is 6.48. The Morgan fingerprint density at radius 1 is 1.38 bits per heavy atom. The van der Waals surface area contributed by atoms with E-state index in [1.165, 1.54) is 4.70 Å². The number of thiophene rings is 1. The Morgan fingerprint density at radius 3 is 2.96 bits per heavy atom. The van der Waals surface area contributed by atoms with E-state index in [1.54, 1.807) is 23.2 Å². The first kappa shape index (κ1) is 15.9. The van der Waals surface area contributed by atoms with Crippen LogP contribution in [0.4, 0.5) is 0 Å². The van der Waals surface area contributed by atoms with E-state index in [0.29, 0.717) is 19.5 Å². The van der Waals surface area contributed by atoms with Crippen LogP contribution >= 0.6 is 22.9 Å². The van der Waals surface area contributed by atoms with Crippen molar-refractivity contribution in [1.29, 1.82) is 0 Å². The molecule has 2 N–H and O–H groups in total. The van der Waals surface area contributed by atoms with E-state index in [9.17, 15) is 9.59 Å². The van der Waals surface area contributed by atoms with Gasteiger partial charge >= 0.3 is 0 Å². The zero-order chi connectivity index (χ0) is 16.8. The molecule has 2 amide bonds. The van der Waals surface area contributed by atoms with Gasteiger partial charge in [-0.3, -0.25) is 9.59 Å². The largest absolute Gasteiger partial charge is 0.343 e. The first-order valence-electron chi connectivity index (χ1n) is 8.04. The van der Waals surface area contributed by atoms with E-state index in [-0.39, 0.29) is 23.9 Å². The van der Waals surface area contributed by atoms with E-state index >= 15 is 0 Å². The quantitative estimate of drug-likeness (QED) is 0.878. The molecule has 7 heteroatoms. The molecule has 126 valence electrons. The number of halogens is 1. The lowest BCUT2D eigenvalue weighted by molar-refractivity contribution is -0.146. The van der Waals surface area contributed by atoms with E-state index in [1.807, 2.05) is 18.2 Å². The molecule has 3 heterocycles. The molecule has 0 unspecified atom stereocenters. The summed E-state index contributed by atoms with van der Waals surface area (Å²) in [4.78, 5) is 27.1. The number of nitrogens with zero attached hydrogens (tertiary/aromatic N) is 1. The first-order valence-corrected chi connectivity index (χ1v) is 9.24. The van der Waals surface area contributed by atoms with Gasteiger partial charge in [0.2, 0.25) is 11.8 Å². The van der Waals surface area contributed by atoms with Crippen molar-refractivity contribution < 1.29 is 9.59 Å². The summed E-state index contributed by atoms with van der Waals surface area (Å²) in [6, 6.07) is 7.42. The lowest BCUT2D eigenvalue weighted by atomic mass is 10.1. The fraction of sp³-hybridized carbons (Fsp3) is 0.412. The molecule has 0 spiro atoms. The Bertz CT molecular complexity index is 821. The fourth-order valence-electron chi connectivity index (χ4n) is 3.51. The van der Waals surface area contributed by atoms with E-state index in [4.69, 9.17) is 11.6 Å². The Balaban J connectivity index is 1.46. The van der Waals surface area contributed by atoms with Crippen molar-refractivity contribution in [3.63, 3.8) is 0 Å². The van der Waals surface area contributed by atoms with Gasteiger partial charge in [0.05, 0.1) is 5.02 Å². The van der Waals surface area contributed by atoms with Crippen LogP contribution in [-0.4, -0.2) is 41.4 Å². The van der Waals surface area contributed by atoms with Crippen LogP contribution in [0.15, 0.2) is 24.3 Å². The minimum absolute atomic E-state index is 0.00351. The van der Waals surface area contributed by atoms with Crippen molar-refractivity contribution >= 4 is 44.8 Å². The molecule has 0 bridgehead atoms. The summed E-state index contributed by atoms with van der Waals surface area (Å²) < 4.78 is 1.17. The standard InChI is InChI=1S/C17H18ClN3O2S/c1-9-17(23)21-8-10(6-12(21)16(22)20-9)19-7-14-15(18)11-4-2-3-5-13(11)24-14/h2-5,9-10,12,19H,6-8H2,1H3,(H,20,22)/t9-,10+,12+/m1/s1. The molecule has 3 atom stereocenters. The van der Waals surface area contributed by atoms with Gasteiger partial charge in [0.1, 0.15) is 12.1 Å². The second kappa shape index (κ2) is 6.02. The van der Waals surface area contributed by atoms with Crippen molar-refractivity contribution in [3.8, 4) is 0 Å². The average Bonchev–Trinajstić information content (AvgIpc) is 3.14. The minimum Gasteiger partial charge on any atom is -0.343 e. The molecule has 0 saturated carbocycles. The fourth-order valence-corrected chi connectivity index (χ4v) is 4.96. The smallest absolute Gasteiger partial charge is 0.245 e. The summed E-state index contributed by atoms with van der Waals surface area (Å²) in [5, 5.41) is 8.08. The summed E-state index contributed by atoms with van der Waals surface area (Å²) >= 11 is 8.15. The lowest BCUT2D eigenvalue weighted by Gasteiger charge is -2.32. The normalized spacial score (nSPS) is 26.8. The van der Waals surface area contributed by atoms with E-state index in [2.05, 4.69) is 16.7 Å². The van der Waals surface area contributed by atoms with Gasteiger partial charge < -0.3 is 15.5 Å². The highest BCUT2D eigenvalue weighted by Crippen LogP contribution is 2.35. The van der Waals surface area contributed by atoms with Crippen molar-refractivity contribution in [2.24, 2.45) is 0 Å². The lowest BCUT2D eigenvalue weighted by Crippen LogP contribution is -2.60. The van der Waals surface area contributed by atoms with Gasteiger partial charge in [0.15, 0.2) is 0 Å². The molecule has 2 aliphatic rings. The Morgan fingerprint density at radius 2 is 2.17 bits per heavy atom. The number of hydrogen-bond acceptors (Lipinski definition) is 4. The molecule has 2 aromatic rings. The molecule has 0 aliphatic carbocycles. The number of benzene rings is 1. The zero-order valence-corrected chi connectivity index (χ0v) is 14.8. The van der Waals surface area contributed by atoms with Crippen LogP contribution in [0.25, 0.3) is 10.1 Å². The molecular weight excluding hydrogens is 346 g/mol. The van der Waals surface area contributed by atoms with Crippen LogP contribution < -0.4 is 10.6 Å². The summed E-state index contributed by atoms with van der Waals surface area (Å²) in [6.07, 6.45) is 0.646. The number of fused-ring (bicyclic) bond motifs is 2. The van der Waals surface area contributed by atoms with Crippen molar-refractivity contribution in [2.45, 2.75) is 38.0 Å². The van der Waals surface area contributed by atoms with Crippen LogP contribution in [-0.2, 0) is 16.1 Å². The highest BCUT2D eigenvalue weighted by molar-refractivity contribution is 7.19. The molecule has 4 rings (SSSR count). The predicted molar refractivity (Wildman–Crippen MR) is 95.2 cm³/mol. The molecule has 0 radical (unpaired) electrons. The highest BCUT2D eigenvalue weighted by Gasteiger charge is 2.44. The summed E-state index contributed by atoms with van der Waals surface area (Å²) in [6.45, 7) is 2.95. The monoisotopic (exact) mass is 363 g/mol. The topological polar surface area (TPSA) is 61.4 Å². The number of piperazine rings is 1. The second-order valence-corrected chi connectivity index (χ2v) is 7.90. The van der Waals surface area contributed by atoms with Crippen molar-refractivity contribution in [2.75, 3.05) is 6.54 Å². The summed E-state index contributed by atoms with van der Waals surface area (Å²) in [5.74, 6) is -0.0462. The number of carbonyl (C=O) groups excluding carboxylic acids is 2. The highest BCUT2D eigenvalue weighted by atomic mass is 35.5. The number of hydrogen-bond donors (Lipinski definition) is 2. The van der Waals surface area contributed by atoms with Gasteiger partial charge in [0, 0.05) is 34.1 Å². The molecule has 2 fully saturated rings. The molecule has 2 saturated heterocycles. The third-order valence-electron chi connectivity index (χ3n) is 4.77. The average molecular weight is 364 g/mol. The van der Waals surface area contributed by atoms with Crippen LogP contribution in [0.2, 0.25) is 5.02 Å². The van der Waals surface area contributed by atoms with Gasteiger partial charge in [-0.15, -0.1) is 11.3 Å². The van der Waals surface area contributed by atoms with Gasteiger partial charge in [-0.1, -0.05) is 29.8 Å². The van der Waals surface area contributed by atoms with Crippen LogP contribution in [0.3, 0.4) is 0 Å². The van der Waals surface area contributed by atoms with Crippen molar-refractivity contribution in [3.05, 3.63) is 34.2 Å². The maximum absolute atomic E-state index is 12.2. The van der Waals surface area contributed by atoms with E-state index in [0.717, 1.165) is 15.3 Å². The molecule has 2 aliphatic heterocycles. The van der Waals surface area contributed by atoms with Crippen molar-refractivity contribution in [1.82, 2.24) is 15.5 Å². The Hall–Kier alpha value is -1.63. The second-order valence-electron chi connectivity index (χ2n) is 6.39. The van der Waals surface area contributed by atoms with Gasteiger partial charge in [0.25, 0.3) is 0 Å². The zero-order valence-electron chi connectivity index (χ0n) is 13.2. The van der Waals surface area contributed by atoms with Crippen LogP contribution in [0.5, 0.6) is 0 Å². The first-order chi connectivity index (χ1) is 11.5. The summed E-state index contributed by atoms with van der Waals surface area (Å²) in [7, 11) is 0. The maximum Gasteiger partial charge on any atom is 0.245 e. The Labute approximate surface area is 149 Å². The maximum atomic E-state index is 12.2. The predicted octanol–water partition coefficient (Wildman–Crippen LogP) is 2.13. The van der Waals surface area contributed by atoms with E-state index < -0.39 is 6.04 Å². The third kappa shape index (κ3) is 2.59. The molecule has 24 heavy (non-hydrogen) atoms. The van der Waals surface area contributed by atoms with Crippen LogP contribution in [0, 0.1) is 0 Å². The van der Waals surface area contributed by atoms with Gasteiger partial charge in [-0.05, 0) is 19.4 Å². The van der Waals surface area contributed by atoms with Crippen LogP contribution in [0.1, 0.15) is 18.2 Å². The van der Waals surface area contributed by atoms with Gasteiger partial charge in [-0.2, -0.15) is 0 Å². The molecule has 1 aromatic carbocycles. The number of carbonyl (C=O) groups is 2. The molecule has 5 nitrogen and oxygen atoms in total. The molecule has 1 aromatic heterocycles. The van der Waals surface area contributed by atoms with Gasteiger partial charge in [-0.25, -0.2) is 0 Å². The number of amides is 2.